The standard InChI is InChI=1S/C18H17N3O2/c1-12(2)16(22)19-15-10-6-9-14(11-15)18-21-20-17(23-18)13-7-4-3-5-8-13/h3-12H,1-2H3,(H,19,22). The number of aromatic nitrogens is 2. The molecule has 116 valence electrons. The molecule has 0 radical (unpaired) electrons. The molecule has 0 aliphatic carbocycles. The lowest BCUT2D eigenvalue weighted by atomic mass is 10.1. The van der Waals surface area contributed by atoms with E-state index in [0.717, 1.165) is 11.1 Å². The minimum Gasteiger partial charge on any atom is -0.416 e. The van der Waals surface area contributed by atoms with Crippen LogP contribution in [0.25, 0.3) is 22.9 Å². The van der Waals surface area contributed by atoms with Crippen molar-refractivity contribution >= 4 is 11.6 Å². The van der Waals surface area contributed by atoms with Crippen molar-refractivity contribution in [3.8, 4) is 22.9 Å². The average Bonchev–Trinajstić information content (AvgIpc) is 3.06. The molecule has 3 rings (SSSR count). The van der Waals surface area contributed by atoms with Gasteiger partial charge in [-0.25, -0.2) is 0 Å². The fourth-order valence-corrected chi connectivity index (χ4v) is 2.05. The van der Waals surface area contributed by atoms with Gasteiger partial charge in [0.1, 0.15) is 0 Å². The average molecular weight is 307 g/mol. The molecule has 1 aromatic heterocycles. The number of nitrogens with zero attached hydrogens (tertiary/aromatic N) is 2. The van der Waals surface area contributed by atoms with Gasteiger partial charge < -0.3 is 9.73 Å². The Morgan fingerprint density at radius 1 is 0.957 bits per heavy atom. The SMILES string of the molecule is CC(C)C(=O)Nc1cccc(-c2nnc(-c3ccccc3)o2)c1. The van der Waals surface area contributed by atoms with Crippen LogP contribution in [-0.4, -0.2) is 16.1 Å². The van der Waals surface area contributed by atoms with Crippen molar-refractivity contribution in [2.24, 2.45) is 5.92 Å². The van der Waals surface area contributed by atoms with E-state index >= 15 is 0 Å². The van der Waals surface area contributed by atoms with E-state index in [1.165, 1.54) is 0 Å². The van der Waals surface area contributed by atoms with Gasteiger partial charge >= 0.3 is 0 Å². The van der Waals surface area contributed by atoms with Crippen molar-refractivity contribution in [1.29, 1.82) is 0 Å². The van der Waals surface area contributed by atoms with Gasteiger partial charge in [-0.05, 0) is 30.3 Å². The smallest absolute Gasteiger partial charge is 0.248 e. The van der Waals surface area contributed by atoms with Crippen LogP contribution in [0.3, 0.4) is 0 Å². The molecular weight excluding hydrogens is 290 g/mol. The molecule has 0 fully saturated rings. The highest BCUT2D eigenvalue weighted by atomic mass is 16.4. The van der Waals surface area contributed by atoms with Crippen molar-refractivity contribution in [3.63, 3.8) is 0 Å². The van der Waals surface area contributed by atoms with Gasteiger partial charge in [0.15, 0.2) is 0 Å². The van der Waals surface area contributed by atoms with Gasteiger partial charge in [0.25, 0.3) is 0 Å². The number of carbonyl (C=O) groups is 1. The molecule has 0 atom stereocenters. The van der Waals surface area contributed by atoms with Gasteiger partial charge in [-0.3, -0.25) is 4.79 Å². The zero-order valence-electron chi connectivity index (χ0n) is 13.0. The number of rotatable bonds is 4. The van der Waals surface area contributed by atoms with Gasteiger partial charge in [-0.2, -0.15) is 0 Å². The van der Waals surface area contributed by atoms with Crippen LogP contribution in [0, 0.1) is 5.92 Å². The number of hydrogen-bond acceptors (Lipinski definition) is 4. The van der Waals surface area contributed by atoms with Crippen molar-refractivity contribution in [2.45, 2.75) is 13.8 Å². The van der Waals surface area contributed by atoms with Crippen LogP contribution in [0.5, 0.6) is 0 Å². The van der Waals surface area contributed by atoms with E-state index in [1.54, 1.807) is 0 Å². The Hall–Kier alpha value is -2.95. The van der Waals surface area contributed by atoms with Gasteiger partial charge in [0, 0.05) is 22.7 Å². The first-order chi connectivity index (χ1) is 11.1. The van der Waals surface area contributed by atoms with Crippen LogP contribution < -0.4 is 5.32 Å². The highest BCUT2D eigenvalue weighted by Gasteiger charge is 2.12. The maximum absolute atomic E-state index is 11.8. The first-order valence-corrected chi connectivity index (χ1v) is 7.44. The Balaban J connectivity index is 1.85. The molecular formula is C18H17N3O2. The topological polar surface area (TPSA) is 68.0 Å². The summed E-state index contributed by atoms with van der Waals surface area (Å²) in [6.07, 6.45) is 0. The summed E-state index contributed by atoms with van der Waals surface area (Å²) < 4.78 is 5.73. The summed E-state index contributed by atoms with van der Waals surface area (Å²) in [7, 11) is 0. The summed E-state index contributed by atoms with van der Waals surface area (Å²) in [5.74, 6) is 0.783. The van der Waals surface area contributed by atoms with Gasteiger partial charge in [-0.15, -0.1) is 10.2 Å². The lowest BCUT2D eigenvalue weighted by Crippen LogP contribution is -2.17. The summed E-state index contributed by atoms with van der Waals surface area (Å²) >= 11 is 0. The Morgan fingerprint density at radius 3 is 2.30 bits per heavy atom. The monoisotopic (exact) mass is 307 g/mol. The molecule has 2 aromatic carbocycles. The third-order valence-corrected chi connectivity index (χ3v) is 3.35. The second-order valence-corrected chi connectivity index (χ2v) is 5.50. The third-order valence-electron chi connectivity index (χ3n) is 3.35. The molecule has 0 saturated heterocycles. The second-order valence-electron chi connectivity index (χ2n) is 5.50. The zero-order valence-corrected chi connectivity index (χ0v) is 13.0. The normalized spacial score (nSPS) is 10.7. The Bertz CT molecular complexity index is 810. The Kier molecular flexibility index (Phi) is 4.19. The van der Waals surface area contributed by atoms with Crippen molar-refractivity contribution < 1.29 is 9.21 Å². The largest absolute Gasteiger partial charge is 0.416 e. The van der Waals surface area contributed by atoms with Gasteiger partial charge in [0.2, 0.25) is 17.7 Å². The van der Waals surface area contributed by atoms with Crippen LogP contribution in [0.4, 0.5) is 5.69 Å². The molecule has 0 aliphatic heterocycles. The van der Waals surface area contributed by atoms with Crippen LogP contribution in [0.1, 0.15) is 13.8 Å². The van der Waals surface area contributed by atoms with E-state index in [4.69, 9.17) is 4.42 Å². The number of anilines is 1. The minimum absolute atomic E-state index is 0.0300. The van der Waals surface area contributed by atoms with Crippen LogP contribution in [-0.2, 0) is 4.79 Å². The molecule has 1 amide bonds. The number of amides is 1. The van der Waals surface area contributed by atoms with E-state index in [9.17, 15) is 4.79 Å². The van der Waals surface area contributed by atoms with E-state index < -0.39 is 0 Å². The molecule has 5 heteroatoms. The van der Waals surface area contributed by atoms with E-state index in [1.807, 2.05) is 68.4 Å². The van der Waals surface area contributed by atoms with Crippen molar-refractivity contribution in [1.82, 2.24) is 10.2 Å². The van der Waals surface area contributed by atoms with E-state index in [0.29, 0.717) is 17.5 Å². The van der Waals surface area contributed by atoms with Crippen molar-refractivity contribution in [2.75, 3.05) is 5.32 Å². The Labute approximate surface area is 134 Å². The molecule has 5 nitrogen and oxygen atoms in total. The maximum Gasteiger partial charge on any atom is 0.248 e. The molecule has 3 aromatic rings. The van der Waals surface area contributed by atoms with Crippen molar-refractivity contribution in [3.05, 3.63) is 54.6 Å². The minimum atomic E-state index is -0.0771. The number of carbonyl (C=O) groups excluding carboxylic acids is 1. The fourth-order valence-electron chi connectivity index (χ4n) is 2.05. The van der Waals surface area contributed by atoms with Crippen LogP contribution in [0.2, 0.25) is 0 Å². The first-order valence-electron chi connectivity index (χ1n) is 7.44. The van der Waals surface area contributed by atoms with Gasteiger partial charge in [0.05, 0.1) is 0 Å². The summed E-state index contributed by atoms with van der Waals surface area (Å²) in [4.78, 5) is 11.8. The lowest BCUT2D eigenvalue weighted by molar-refractivity contribution is -0.118. The third kappa shape index (κ3) is 3.45. The molecule has 0 aliphatic rings. The fraction of sp³-hybridized carbons (Fsp3) is 0.167. The Morgan fingerprint density at radius 2 is 1.61 bits per heavy atom. The van der Waals surface area contributed by atoms with Gasteiger partial charge in [-0.1, -0.05) is 38.1 Å². The number of benzene rings is 2. The number of hydrogen-bond donors (Lipinski definition) is 1. The molecule has 0 spiro atoms. The molecule has 23 heavy (non-hydrogen) atoms. The van der Waals surface area contributed by atoms with E-state index in [-0.39, 0.29) is 11.8 Å². The molecule has 0 unspecified atom stereocenters. The molecule has 1 heterocycles. The first kappa shape index (κ1) is 15.0. The quantitative estimate of drug-likeness (QED) is 0.791. The summed E-state index contributed by atoms with van der Waals surface area (Å²) in [5.41, 5.74) is 2.34. The molecule has 0 saturated carbocycles. The lowest BCUT2D eigenvalue weighted by Gasteiger charge is -2.08. The summed E-state index contributed by atoms with van der Waals surface area (Å²) in [5, 5.41) is 11.0. The van der Waals surface area contributed by atoms with E-state index in [2.05, 4.69) is 15.5 Å². The predicted molar refractivity (Wildman–Crippen MR) is 88.6 cm³/mol. The zero-order chi connectivity index (χ0) is 16.2. The number of nitrogens with one attached hydrogen (secondary N) is 1. The highest BCUT2D eigenvalue weighted by molar-refractivity contribution is 5.92. The van der Waals surface area contributed by atoms with Crippen LogP contribution >= 0.6 is 0 Å². The molecule has 0 bridgehead atoms. The second kappa shape index (κ2) is 6.44. The molecule has 1 N–H and O–H groups in total. The summed E-state index contributed by atoms with van der Waals surface area (Å²) in [6.45, 7) is 3.70. The highest BCUT2D eigenvalue weighted by Crippen LogP contribution is 2.25. The maximum atomic E-state index is 11.8. The predicted octanol–water partition coefficient (Wildman–Crippen LogP) is 4.00. The summed E-state index contributed by atoms with van der Waals surface area (Å²) in [6, 6.07) is 17.0. The van der Waals surface area contributed by atoms with Crippen LogP contribution in [0.15, 0.2) is 59.0 Å².